The maximum absolute atomic E-state index is 12.9. The smallest absolute Gasteiger partial charge is 0.251 e. The van der Waals surface area contributed by atoms with Gasteiger partial charge in [0.15, 0.2) is 5.65 Å². The highest BCUT2D eigenvalue weighted by Crippen LogP contribution is 2.21. The topological polar surface area (TPSA) is 81.9 Å². The molecule has 0 fully saturated rings. The fourth-order valence-electron chi connectivity index (χ4n) is 3.24. The van der Waals surface area contributed by atoms with Crippen LogP contribution in [-0.4, -0.2) is 32.5 Å². The van der Waals surface area contributed by atoms with Crippen molar-refractivity contribution in [2.45, 2.75) is 20.4 Å². The standard InChI is InChI=1S/C22H21N5O2/c1-3-29-20-12-5-4-8-16(20)14-24-22(28)17-9-6-11-19(15(17)2)27-21-18(25-26-27)10-7-13-23-21/h4-13H,3,14H2,1-2H3,(H,24,28). The van der Waals surface area contributed by atoms with Crippen LogP contribution in [0, 0.1) is 6.92 Å². The molecule has 2 aromatic carbocycles. The Morgan fingerprint density at radius 2 is 1.97 bits per heavy atom. The molecule has 0 atom stereocenters. The Morgan fingerprint density at radius 1 is 1.10 bits per heavy atom. The predicted molar refractivity (Wildman–Crippen MR) is 110 cm³/mol. The van der Waals surface area contributed by atoms with Gasteiger partial charge < -0.3 is 10.1 Å². The number of pyridine rings is 1. The maximum atomic E-state index is 12.9. The number of para-hydroxylation sites is 1. The Kier molecular flexibility index (Phi) is 5.20. The largest absolute Gasteiger partial charge is 0.494 e. The summed E-state index contributed by atoms with van der Waals surface area (Å²) in [5, 5.41) is 11.3. The van der Waals surface area contributed by atoms with Crippen LogP contribution in [0.2, 0.25) is 0 Å². The summed E-state index contributed by atoms with van der Waals surface area (Å²) in [4.78, 5) is 17.2. The third-order valence-corrected chi connectivity index (χ3v) is 4.70. The first-order valence-corrected chi connectivity index (χ1v) is 9.44. The zero-order valence-corrected chi connectivity index (χ0v) is 16.3. The normalized spacial score (nSPS) is 10.8. The van der Waals surface area contributed by atoms with Crippen LogP contribution in [0.1, 0.15) is 28.4 Å². The summed E-state index contributed by atoms with van der Waals surface area (Å²) in [5.74, 6) is 0.619. The van der Waals surface area contributed by atoms with Gasteiger partial charge in [-0.2, -0.15) is 4.68 Å². The van der Waals surface area contributed by atoms with Crippen LogP contribution >= 0.6 is 0 Å². The van der Waals surface area contributed by atoms with E-state index in [1.165, 1.54) is 0 Å². The highest BCUT2D eigenvalue weighted by Gasteiger charge is 2.16. The second-order valence-corrected chi connectivity index (χ2v) is 6.52. The summed E-state index contributed by atoms with van der Waals surface area (Å²) >= 11 is 0. The highest BCUT2D eigenvalue weighted by atomic mass is 16.5. The molecule has 2 heterocycles. The average Bonchev–Trinajstić information content (AvgIpc) is 3.17. The van der Waals surface area contributed by atoms with Gasteiger partial charge in [0.2, 0.25) is 0 Å². The molecule has 7 nitrogen and oxygen atoms in total. The lowest BCUT2D eigenvalue weighted by Crippen LogP contribution is -2.24. The lowest BCUT2D eigenvalue weighted by molar-refractivity contribution is 0.0950. The van der Waals surface area contributed by atoms with Crippen molar-refractivity contribution >= 4 is 17.1 Å². The van der Waals surface area contributed by atoms with E-state index in [-0.39, 0.29) is 5.91 Å². The number of hydrogen-bond acceptors (Lipinski definition) is 5. The molecule has 0 saturated heterocycles. The molecule has 0 spiro atoms. The summed E-state index contributed by atoms with van der Waals surface area (Å²) in [5.41, 5.74) is 4.45. The first kappa shape index (κ1) is 18.6. The highest BCUT2D eigenvalue weighted by molar-refractivity contribution is 5.96. The minimum atomic E-state index is -0.159. The van der Waals surface area contributed by atoms with Gasteiger partial charge in [0.05, 0.1) is 12.3 Å². The average molecular weight is 387 g/mol. The van der Waals surface area contributed by atoms with Crippen LogP contribution in [-0.2, 0) is 6.54 Å². The summed E-state index contributed by atoms with van der Waals surface area (Å²) in [7, 11) is 0. The fourth-order valence-corrected chi connectivity index (χ4v) is 3.24. The van der Waals surface area contributed by atoms with Crippen molar-refractivity contribution in [1.29, 1.82) is 0 Å². The van der Waals surface area contributed by atoms with Crippen molar-refractivity contribution in [2.75, 3.05) is 6.61 Å². The number of nitrogens with zero attached hydrogens (tertiary/aromatic N) is 4. The summed E-state index contributed by atoms with van der Waals surface area (Å²) in [6, 6.07) is 16.9. The van der Waals surface area contributed by atoms with Crippen molar-refractivity contribution in [2.24, 2.45) is 0 Å². The molecule has 2 aromatic heterocycles. The summed E-state index contributed by atoms with van der Waals surface area (Å²) < 4.78 is 7.29. The molecular formula is C22H21N5O2. The number of carbonyl (C=O) groups is 1. The Hall–Kier alpha value is -3.74. The Morgan fingerprint density at radius 3 is 2.83 bits per heavy atom. The molecule has 1 amide bonds. The molecule has 0 radical (unpaired) electrons. The second kappa shape index (κ2) is 8.10. The molecule has 0 aliphatic rings. The lowest BCUT2D eigenvalue weighted by atomic mass is 10.1. The Bertz CT molecular complexity index is 1170. The molecule has 29 heavy (non-hydrogen) atoms. The molecule has 146 valence electrons. The van der Waals surface area contributed by atoms with E-state index >= 15 is 0 Å². The Balaban J connectivity index is 1.60. The number of rotatable bonds is 6. The second-order valence-electron chi connectivity index (χ2n) is 6.52. The summed E-state index contributed by atoms with van der Waals surface area (Å²) in [6.07, 6.45) is 1.70. The molecule has 0 saturated carbocycles. The first-order chi connectivity index (χ1) is 14.2. The molecule has 4 aromatic rings. The lowest BCUT2D eigenvalue weighted by Gasteiger charge is -2.13. The van der Waals surface area contributed by atoms with Crippen molar-refractivity contribution in [3.63, 3.8) is 0 Å². The van der Waals surface area contributed by atoms with Crippen molar-refractivity contribution < 1.29 is 9.53 Å². The molecular weight excluding hydrogens is 366 g/mol. The van der Waals surface area contributed by atoms with E-state index in [2.05, 4.69) is 20.6 Å². The van der Waals surface area contributed by atoms with E-state index < -0.39 is 0 Å². The molecule has 0 unspecified atom stereocenters. The maximum Gasteiger partial charge on any atom is 0.251 e. The molecule has 0 aliphatic carbocycles. The number of hydrogen-bond donors (Lipinski definition) is 1. The van der Waals surface area contributed by atoms with Crippen LogP contribution in [0.25, 0.3) is 16.9 Å². The monoisotopic (exact) mass is 387 g/mol. The molecule has 4 rings (SSSR count). The minimum Gasteiger partial charge on any atom is -0.494 e. The van der Waals surface area contributed by atoms with Crippen LogP contribution in [0.15, 0.2) is 60.8 Å². The number of aromatic nitrogens is 4. The minimum absolute atomic E-state index is 0.159. The zero-order valence-electron chi connectivity index (χ0n) is 16.3. The van der Waals surface area contributed by atoms with Crippen LogP contribution in [0.4, 0.5) is 0 Å². The van der Waals surface area contributed by atoms with Crippen molar-refractivity contribution in [1.82, 2.24) is 25.3 Å². The van der Waals surface area contributed by atoms with Gasteiger partial charge in [-0.15, -0.1) is 5.10 Å². The van der Waals surface area contributed by atoms with Gasteiger partial charge >= 0.3 is 0 Å². The van der Waals surface area contributed by atoms with Crippen molar-refractivity contribution in [3.05, 3.63) is 77.5 Å². The molecule has 1 N–H and O–H groups in total. The van der Waals surface area contributed by atoms with E-state index in [1.807, 2.05) is 62.4 Å². The molecule has 0 bridgehead atoms. The fraction of sp³-hybridized carbons (Fsp3) is 0.182. The van der Waals surface area contributed by atoms with Crippen LogP contribution in [0.3, 0.4) is 0 Å². The van der Waals surface area contributed by atoms with Crippen LogP contribution < -0.4 is 10.1 Å². The van der Waals surface area contributed by atoms with Gasteiger partial charge in [0, 0.05) is 23.9 Å². The van der Waals surface area contributed by atoms with Gasteiger partial charge in [-0.3, -0.25) is 4.79 Å². The van der Waals surface area contributed by atoms with Crippen LogP contribution in [0.5, 0.6) is 5.75 Å². The van der Waals surface area contributed by atoms with Crippen molar-refractivity contribution in [3.8, 4) is 11.4 Å². The molecule has 7 heteroatoms. The van der Waals surface area contributed by atoms with E-state index in [4.69, 9.17) is 4.74 Å². The number of carbonyl (C=O) groups excluding carboxylic acids is 1. The predicted octanol–water partition coefficient (Wildman–Crippen LogP) is 3.45. The van der Waals surface area contributed by atoms with E-state index in [1.54, 1.807) is 16.9 Å². The SMILES string of the molecule is CCOc1ccccc1CNC(=O)c1cccc(-n2nnc3cccnc32)c1C. The van der Waals surface area contributed by atoms with Gasteiger partial charge in [-0.05, 0) is 49.7 Å². The van der Waals surface area contributed by atoms with Gasteiger partial charge in [0.25, 0.3) is 5.91 Å². The first-order valence-electron chi connectivity index (χ1n) is 9.44. The van der Waals surface area contributed by atoms with Gasteiger partial charge in [-0.1, -0.05) is 29.5 Å². The van der Waals surface area contributed by atoms with Gasteiger partial charge in [0.1, 0.15) is 11.3 Å². The number of benzene rings is 2. The number of ether oxygens (including phenoxy) is 1. The van der Waals surface area contributed by atoms with E-state index in [0.717, 1.165) is 22.6 Å². The zero-order chi connectivity index (χ0) is 20.2. The number of nitrogens with one attached hydrogen (secondary N) is 1. The van der Waals surface area contributed by atoms with E-state index in [0.29, 0.717) is 29.9 Å². The molecule has 0 aliphatic heterocycles. The number of fused-ring (bicyclic) bond motifs is 1. The third-order valence-electron chi connectivity index (χ3n) is 4.70. The quantitative estimate of drug-likeness (QED) is 0.548. The third kappa shape index (κ3) is 3.67. The summed E-state index contributed by atoms with van der Waals surface area (Å²) in [6.45, 7) is 4.79. The van der Waals surface area contributed by atoms with E-state index in [9.17, 15) is 4.79 Å². The number of amides is 1. The Labute approximate surface area is 168 Å². The van der Waals surface area contributed by atoms with Gasteiger partial charge in [-0.25, -0.2) is 4.98 Å².